The van der Waals surface area contributed by atoms with Crippen LogP contribution in [0.4, 0.5) is 0 Å². The van der Waals surface area contributed by atoms with Crippen molar-refractivity contribution in [2.75, 3.05) is 6.54 Å². The standard InChI is InChI=1S/C11H16ClNO2/c1-8(12)4-3-7-13-11(14)10-6-5-9(2)15-10/h5-6,8H,3-4,7H2,1-2H3,(H,13,14). The van der Waals surface area contributed by atoms with Gasteiger partial charge in [0.1, 0.15) is 5.76 Å². The van der Waals surface area contributed by atoms with Gasteiger partial charge in [0.2, 0.25) is 0 Å². The number of carbonyl (C=O) groups is 1. The summed E-state index contributed by atoms with van der Waals surface area (Å²) in [5, 5.41) is 2.94. The lowest BCUT2D eigenvalue weighted by Gasteiger charge is -2.04. The number of alkyl halides is 1. The number of halogens is 1. The lowest BCUT2D eigenvalue weighted by molar-refractivity contribution is 0.0924. The van der Waals surface area contributed by atoms with Crippen LogP contribution < -0.4 is 5.32 Å². The fraction of sp³-hybridized carbons (Fsp3) is 0.545. The minimum atomic E-state index is -0.162. The lowest BCUT2D eigenvalue weighted by atomic mass is 10.2. The Hall–Kier alpha value is -0.960. The first kappa shape index (κ1) is 12.1. The molecule has 1 N–H and O–H groups in total. The van der Waals surface area contributed by atoms with Crippen LogP contribution in [0, 0.1) is 6.92 Å². The van der Waals surface area contributed by atoms with Gasteiger partial charge < -0.3 is 9.73 Å². The molecule has 0 aliphatic heterocycles. The molecule has 1 aromatic rings. The van der Waals surface area contributed by atoms with E-state index in [0.717, 1.165) is 18.6 Å². The summed E-state index contributed by atoms with van der Waals surface area (Å²) in [6, 6.07) is 3.45. The molecule has 1 atom stereocenters. The van der Waals surface area contributed by atoms with Gasteiger partial charge in [0, 0.05) is 11.9 Å². The van der Waals surface area contributed by atoms with Crippen LogP contribution in [-0.4, -0.2) is 17.8 Å². The summed E-state index contributed by atoms with van der Waals surface area (Å²) in [6.45, 7) is 4.39. The maximum absolute atomic E-state index is 11.5. The highest BCUT2D eigenvalue weighted by molar-refractivity contribution is 6.20. The van der Waals surface area contributed by atoms with Gasteiger partial charge in [-0.15, -0.1) is 11.6 Å². The first-order chi connectivity index (χ1) is 7.09. The number of hydrogen-bond acceptors (Lipinski definition) is 2. The van der Waals surface area contributed by atoms with Crippen LogP contribution in [0.1, 0.15) is 36.1 Å². The summed E-state index contributed by atoms with van der Waals surface area (Å²) in [7, 11) is 0. The molecule has 1 aromatic heterocycles. The smallest absolute Gasteiger partial charge is 0.286 e. The van der Waals surface area contributed by atoms with Crippen molar-refractivity contribution in [2.45, 2.75) is 32.1 Å². The Balaban J connectivity index is 2.25. The minimum absolute atomic E-state index is 0.160. The Morgan fingerprint density at radius 3 is 2.87 bits per heavy atom. The fourth-order valence-electron chi connectivity index (χ4n) is 1.23. The Morgan fingerprint density at radius 1 is 1.60 bits per heavy atom. The van der Waals surface area contributed by atoms with Gasteiger partial charge in [-0.05, 0) is 38.8 Å². The number of amides is 1. The third-order valence-corrected chi connectivity index (χ3v) is 2.25. The third-order valence-electron chi connectivity index (χ3n) is 2.03. The predicted molar refractivity (Wildman–Crippen MR) is 60.3 cm³/mol. The number of hydrogen-bond donors (Lipinski definition) is 1. The first-order valence-electron chi connectivity index (χ1n) is 5.08. The third kappa shape index (κ3) is 4.38. The van der Waals surface area contributed by atoms with Crippen LogP contribution in [-0.2, 0) is 0 Å². The molecular formula is C11H16ClNO2. The molecular weight excluding hydrogens is 214 g/mol. The summed E-state index contributed by atoms with van der Waals surface area (Å²) in [4.78, 5) is 11.5. The van der Waals surface area contributed by atoms with Gasteiger partial charge in [-0.25, -0.2) is 0 Å². The van der Waals surface area contributed by atoms with E-state index >= 15 is 0 Å². The van der Waals surface area contributed by atoms with Gasteiger partial charge in [-0.3, -0.25) is 4.79 Å². The van der Waals surface area contributed by atoms with E-state index in [-0.39, 0.29) is 11.3 Å². The van der Waals surface area contributed by atoms with E-state index in [4.69, 9.17) is 16.0 Å². The molecule has 4 heteroatoms. The Labute approximate surface area is 94.8 Å². The molecule has 0 spiro atoms. The van der Waals surface area contributed by atoms with Crippen molar-refractivity contribution in [3.05, 3.63) is 23.7 Å². The molecule has 0 bridgehead atoms. The average molecular weight is 230 g/mol. The molecule has 0 aliphatic carbocycles. The molecule has 0 saturated carbocycles. The number of rotatable bonds is 5. The van der Waals surface area contributed by atoms with Crippen LogP contribution in [0.2, 0.25) is 0 Å². The molecule has 0 radical (unpaired) electrons. The normalized spacial score (nSPS) is 12.5. The van der Waals surface area contributed by atoms with Crippen molar-refractivity contribution in [3.63, 3.8) is 0 Å². The molecule has 1 rings (SSSR count). The van der Waals surface area contributed by atoms with Crippen molar-refractivity contribution >= 4 is 17.5 Å². The number of furan rings is 1. The first-order valence-corrected chi connectivity index (χ1v) is 5.52. The highest BCUT2D eigenvalue weighted by Gasteiger charge is 2.08. The minimum Gasteiger partial charge on any atom is -0.456 e. The zero-order valence-electron chi connectivity index (χ0n) is 9.05. The Morgan fingerprint density at radius 2 is 2.33 bits per heavy atom. The summed E-state index contributed by atoms with van der Waals surface area (Å²) >= 11 is 5.78. The molecule has 3 nitrogen and oxygen atoms in total. The van der Waals surface area contributed by atoms with Gasteiger partial charge in [-0.2, -0.15) is 0 Å². The summed E-state index contributed by atoms with van der Waals surface area (Å²) in [5.41, 5.74) is 0. The fourth-order valence-corrected chi connectivity index (χ4v) is 1.38. The predicted octanol–water partition coefficient (Wildman–Crippen LogP) is 2.73. The highest BCUT2D eigenvalue weighted by atomic mass is 35.5. The summed E-state index contributed by atoms with van der Waals surface area (Å²) in [6.07, 6.45) is 1.79. The van der Waals surface area contributed by atoms with E-state index in [0.29, 0.717) is 12.3 Å². The van der Waals surface area contributed by atoms with E-state index in [2.05, 4.69) is 5.32 Å². The molecule has 15 heavy (non-hydrogen) atoms. The molecule has 0 aliphatic rings. The largest absolute Gasteiger partial charge is 0.456 e. The monoisotopic (exact) mass is 229 g/mol. The van der Waals surface area contributed by atoms with Crippen LogP contribution in [0.25, 0.3) is 0 Å². The van der Waals surface area contributed by atoms with E-state index in [1.165, 1.54) is 0 Å². The molecule has 1 unspecified atom stereocenters. The van der Waals surface area contributed by atoms with Gasteiger partial charge in [0.15, 0.2) is 5.76 Å². The van der Waals surface area contributed by atoms with E-state index < -0.39 is 0 Å². The lowest BCUT2D eigenvalue weighted by Crippen LogP contribution is -2.24. The van der Waals surface area contributed by atoms with Gasteiger partial charge in [0.25, 0.3) is 5.91 Å². The number of nitrogens with one attached hydrogen (secondary N) is 1. The molecule has 1 amide bonds. The molecule has 84 valence electrons. The van der Waals surface area contributed by atoms with Crippen molar-refractivity contribution in [1.29, 1.82) is 0 Å². The highest BCUT2D eigenvalue weighted by Crippen LogP contribution is 2.06. The number of aryl methyl sites for hydroxylation is 1. The van der Waals surface area contributed by atoms with E-state index in [1.54, 1.807) is 12.1 Å². The number of carbonyl (C=O) groups excluding carboxylic acids is 1. The Bertz CT molecular complexity index is 320. The maximum Gasteiger partial charge on any atom is 0.286 e. The van der Waals surface area contributed by atoms with Crippen molar-refractivity contribution in [2.24, 2.45) is 0 Å². The zero-order chi connectivity index (χ0) is 11.3. The van der Waals surface area contributed by atoms with Gasteiger partial charge in [-0.1, -0.05) is 0 Å². The van der Waals surface area contributed by atoms with Gasteiger partial charge in [0.05, 0.1) is 0 Å². The molecule has 0 fully saturated rings. The maximum atomic E-state index is 11.5. The topological polar surface area (TPSA) is 42.2 Å². The quantitative estimate of drug-likeness (QED) is 0.623. The SMILES string of the molecule is Cc1ccc(C(=O)NCCCC(C)Cl)o1. The summed E-state index contributed by atoms with van der Waals surface area (Å²) in [5.74, 6) is 0.950. The van der Waals surface area contributed by atoms with Crippen molar-refractivity contribution < 1.29 is 9.21 Å². The van der Waals surface area contributed by atoms with Crippen LogP contribution in [0.5, 0.6) is 0 Å². The zero-order valence-corrected chi connectivity index (χ0v) is 9.80. The molecule has 0 aromatic carbocycles. The average Bonchev–Trinajstić information content (AvgIpc) is 2.59. The van der Waals surface area contributed by atoms with Crippen LogP contribution in [0.15, 0.2) is 16.5 Å². The van der Waals surface area contributed by atoms with E-state index in [9.17, 15) is 4.79 Å². The second kappa shape index (κ2) is 5.81. The van der Waals surface area contributed by atoms with Crippen LogP contribution >= 0.6 is 11.6 Å². The second-order valence-corrected chi connectivity index (χ2v) is 4.33. The molecule has 0 saturated heterocycles. The van der Waals surface area contributed by atoms with Crippen LogP contribution in [0.3, 0.4) is 0 Å². The molecule has 1 heterocycles. The Kier molecular flexibility index (Phi) is 4.69. The van der Waals surface area contributed by atoms with Crippen molar-refractivity contribution in [3.8, 4) is 0 Å². The van der Waals surface area contributed by atoms with E-state index in [1.807, 2.05) is 13.8 Å². The second-order valence-electron chi connectivity index (χ2n) is 3.59. The van der Waals surface area contributed by atoms with Crippen molar-refractivity contribution in [1.82, 2.24) is 5.32 Å². The summed E-state index contributed by atoms with van der Waals surface area (Å²) < 4.78 is 5.19. The van der Waals surface area contributed by atoms with Gasteiger partial charge >= 0.3 is 0 Å².